The van der Waals surface area contributed by atoms with Crippen molar-refractivity contribution in [2.24, 2.45) is 5.29 Å². The van der Waals surface area contributed by atoms with E-state index < -0.39 is 6.10 Å². The summed E-state index contributed by atoms with van der Waals surface area (Å²) in [6, 6.07) is 5.35. The predicted molar refractivity (Wildman–Crippen MR) is 84.9 cm³/mol. The lowest BCUT2D eigenvalue weighted by Gasteiger charge is -2.32. The van der Waals surface area contributed by atoms with E-state index in [-0.39, 0.29) is 0 Å². The van der Waals surface area contributed by atoms with Gasteiger partial charge in [-0.15, -0.1) is 4.91 Å². The molecule has 0 unspecified atom stereocenters. The Bertz CT molecular complexity index is 688. The molecule has 3 heterocycles. The monoisotopic (exact) mass is 317 g/mol. The van der Waals surface area contributed by atoms with E-state index in [1.165, 1.54) is 5.01 Å². The first-order valence-electron chi connectivity index (χ1n) is 7.49. The zero-order valence-electron chi connectivity index (χ0n) is 12.9. The summed E-state index contributed by atoms with van der Waals surface area (Å²) in [5.74, 6) is 0.490. The second-order valence-electron chi connectivity index (χ2n) is 5.47. The van der Waals surface area contributed by atoms with Gasteiger partial charge in [-0.05, 0) is 12.1 Å². The van der Waals surface area contributed by atoms with Crippen LogP contribution in [0.2, 0.25) is 0 Å². The average Bonchev–Trinajstić information content (AvgIpc) is 2.61. The van der Waals surface area contributed by atoms with Crippen LogP contribution in [-0.4, -0.2) is 64.8 Å². The van der Waals surface area contributed by atoms with Gasteiger partial charge in [0, 0.05) is 37.5 Å². The van der Waals surface area contributed by atoms with Crippen molar-refractivity contribution in [3.05, 3.63) is 34.9 Å². The summed E-state index contributed by atoms with van der Waals surface area (Å²) < 4.78 is 5.15. The standard InChI is InChI=1S/C15H19N5O3/c1-23-14-3-2-12-15(17-14)11(4-5-16-12)13(21)10-19-6-8-20(18-22)9-7-19/h2-5,13,21H,6-10H2,1H3/t13-/m1/s1. The van der Waals surface area contributed by atoms with Crippen molar-refractivity contribution in [1.82, 2.24) is 19.9 Å². The van der Waals surface area contributed by atoms with Gasteiger partial charge in [0.25, 0.3) is 0 Å². The summed E-state index contributed by atoms with van der Waals surface area (Å²) in [6.07, 6.45) is 0.986. The van der Waals surface area contributed by atoms with Crippen molar-refractivity contribution in [3.63, 3.8) is 0 Å². The normalized spacial score (nSPS) is 17.2. The minimum Gasteiger partial charge on any atom is -0.481 e. The molecule has 8 nitrogen and oxygen atoms in total. The molecule has 0 spiro atoms. The molecule has 2 aromatic rings. The lowest BCUT2D eigenvalue weighted by molar-refractivity contribution is 0.0735. The largest absolute Gasteiger partial charge is 0.481 e. The SMILES string of the molecule is COc1ccc2nccc([C@H](O)CN3CCN(N=O)CC3)c2n1. The van der Waals surface area contributed by atoms with Crippen LogP contribution in [0, 0.1) is 4.91 Å². The maximum Gasteiger partial charge on any atom is 0.213 e. The molecule has 1 aliphatic heterocycles. The van der Waals surface area contributed by atoms with Gasteiger partial charge in [0.2, 0.25) is 5.88 Å². The fraction of sp³-hybridized carbons (Fsp3) is 0.467. The molecular weight excluding hydrogens is 298 g/mol. The van der Waals surface area contributed by atoms with Gasteiger partial charge >= 0.3 is 0 Å². The van der Waals surface area contributed by atoms with Crippen molar-refractivity contribution in [3.8, 4) is 5.88 Å². The van der Waals surface area contributed by atoms with Gasteiger partial charge in [0.05, 0.1) is 42.6 Å². The van der Waals surface area contributed by atoms with Crippen LogP contribution >= 0.6 is 0 Å². The minimum absolute atomic E-state index is 0.477. The van der Waals surface area contributed by atoms with Crippen molar-refractivity contribution >= 4 is 11.0 Å². The zero-order chi connectivity index (χ0) is 16.2. The first-order chi connectivity index (χ1) is 11.2. The lowest BCUT2D eigenvalue weighted by Crippen LogP contribution is -2.45. The van der Waals surface area contributed by atoms with Crippen LogP contribution < -0.4 is 4.74 Å². The molecule has 0 amide bonds. The number of piperazine rings is 1. The predicted octanol–water partition coefficient (Wildman–Crippen LogP) is 0.971. The van der Waals surface area contributed by atoms with Gasteiger partial charge < -0.3 is 9.84 Å². The molecule has 1 saturated heterocycles. The second-order valence-corrected chi connectivity index (χ2v) is 5.47. The smallest absolute Gasteiger partial charge is 0.213 e. The van der Waals surface area contributed by atoms with E-state index in [1.54, 1.807) is 25.4 Å². The van der Waals surface area contributed by atoms with E-state index in [0.717, 1.165) is 11.1 Å². The third-order valence-corrected chi connectivity index (χ3v) is 4.05. The van der Waals surface area contributed by atoms with Gasteiger partial charge in [-0.25, -0.2) is 4.98 Å². The van der Waals surface area contributed by atoms with Crippen molar-refractivity contribution in [1.29, 1.82) is 0 Å². The Balaban J connectivity index is 1.78. The van der Waals surface area contributed by atoms with Crippen LogP contribution in [-0.2, 0) is 0 Å². The quantitative estimate of drug-likeness (QED) is 0.822. The number of hydrogen-bond acceptors (Lipinski definition) is 7. The Morgan fingerprint density at radius 1 is 1.30 bits per heavy atom. The zero-order valence-corrected chi connectivity index (χ0v) is 12.9. The number of ether oxygens (including phenoxy) is 1. The molecule has 0 saturated carbocycles. The molecule has 23 heavy (non-hydrogen) atoms. The first kappa shape index (κ1) is 15.6. The minimum atomic E-state index is -0.684. The highest BCUT2D eigenvalue weighted by molar-refractivity contribution is 5.78. The summed E-state index contributed by atoms with van der Waals surface area (Å²) in [7, 11) is 1.56. The van der Waals surface area contributed by atoms with E-state index in [1.807, 2.05) is 6.07 Å². The van der Waals surface area contributed by atoms with E-state index in [0.29, 0.717) is 44.1 Å². The van der Waals surface area contributed by atoms with Crippen molar-refractivity contribution < 1.29 is 9.84 Å². The maximum absolute atomic E-state index is 10.6. The van der Waals surface area contributed by atoms with Gasteiger partial charge in [0.1, 0.15) is 0 Å². The highest BCUT2D eigenvalue weighted by Crippen LogP contribution is 2.24. The Labute approximate surface area is 133 Å². The Morgan fingerprint density at radius 3 is 2.78 bits per heavy atom. The molecule has 1 atom stereocenters. The Hall–Kier alpha value is -2.32. The first-order valence-corrected chi connectivity index (χ1v) is 7.49. The molecule has 0 bridgehead atoms. The number of aliphatic hydroxyl groups is 1. The van der Waals surface area contributed by atoms with Crippen molar-refractivity contribution in [2.45, 2.75) is 6.10 Å². The van der Waals surface area contributed by atoms with Gasteiger partial charge in [-0.2, -0.15) is 0 Å². The Morgan fingerprint density at radius 2 is 2.09 bits per heavy atom. The van der Waals surface area contributed by atoms with Crippen LogP contribution in [0.3, 0.4) is 0 Å². The maximum atomic E-state index is 10.6. The number of pyridine rings is 2. The van der Waals surface area contributed by atoms with Gasteiger partial charge in [-0.1, -0.05) is 0 Å². The molecule has 0 radical (unpaired) electrons. The highest BCUT2D eigenvalue weighted by atomic mass is 16.5. The number of β-amino-alcohol motifs (C(OH)–C–C–N with tert-alkyl or cyclic N) is 1. The summed E-state index contributed by atoms with van der Waals surface area (Å²) in [6.45, 7) is 3.04. The number of rotatable bonds is 5. The molecule has 3 rings (SSSR count). The molecule has 122 valence electrons. The number of fused-ring (bicyclic) bond motifs is 1. The highest BCUT2D eigenvalue weighted by Gasteiger charge is 2.21. The van der Waals surface area contributed by atoms with Crippen molar-refractivity contribution in [2.75, 3.05) is 39.8 Å². The second kappa shape index (κ2) is 6.84. The van der Waals surface area contributed by atoms with Gasteiger partial charge in [0.15, 0.2) is 0 Å². The van der Waals surface area contributed by atoms with E-state index in [9.17, 15) is 10.0 Å². The summed E-state index contributed by atoms with van der Waals surface area (Å²) in [5.41, 5.74) is 2.09. The number of nitrogens with zero attached hydrogens (tertiary/aromatic N) is 5. The van der Waals surface area contributed by atoms with Crippen LogP contribution in [0.15, 0.2) is 29.7 Å². The Kier molecular flexibility index (Phi) is 4.63. The van der Waals surface area contributed by atoms with Crippen LogP contribution in [0.4, 0.5) is 0 Å². The molecule has 1 fully saturated rings. The molecular formula is C15H19N5O3. The number of methoxy groups -OCH3 is 1. The summed E-state index contributed by atoms with van der Waals surface area (Å²) in [4.78, 5) is 21.3. The molecule has 2 aromatic heterocycles. The molecule has 1 N–H and O–H groups in total. The van der Waals surface area contributed by atoms with E-state index in [4.69, 9.17) is 4.74 Å². The summed E-state index contributed by atoms with van der Waals surface area (Å²) >= 11 is 0. The fourth-order valence-corrected chi connectivity index (χ4v) is 2.75. The lowest BCUT2D eigenvalue weighted by atomic mass is 10.1. The summed E-state index contributed by atoms with van der Waals surface area (Å²) in [5, 5.41) is 15.0. The molecule has 0 aromatic carbocycles. The number of nitroso groups, excluding NO2 is 1. The average molecular weight is 317 g/mol. The molecule has 8 heteroatoms. The third-order valence-electron chi connectivity index (χ3n) is 4.05. The number of aliphatic hydroxyl groups excluding tert-OH is 1. The van der Waals surface area contributed by atoms with E-state index >= 15 is 0 Å². The topological polar surface area (TPSA) is 91.2 Å². The number of aromatic nitrogens is 2. The van der Waals surface area contributed by atoms with Crippen LogP contribution in [0.5, 0.6) is 5.88 Å². The third kappa shape index (κ3) is 3.38. The molecule has 1 aliphatic rings. The number of hydrogen-bond donors (Lipinski definition) is 1. The van der Waals surface area contributed by atoms with Crippen LogP contribution in [0.25, 0.3) is 11.0 Å². The van der Waals surface area contributed by atoms with Gasteiger partial charge in [-0.3, -0.25) is 14.9 Å². The molecule has 0 aliphatic carbocycles. The van der Waals surface area contributed by atoms with E-state index in [2.05, 4.69) is 20.2 Å². The van der Waals surface area contributed by atoms with Crippen LogP contribution in [0.1, 0.15) is 11.7 Å². The fourth-order valence-electron chi connectivity index (χ4n) is 2.75.